The summed E-state index contributed by atoms with van der Waals surface area (Å²) in [6.45, 7) is 7.33. The van der Waals surface area contributed by atoms with Gasteiger partial charge in [-0.15, -0.1) is 11.3 Å². The molecule has 0 saturated heterocycles. The molecule has 0 aliphatic rings. The van der Waals surface area contributed by atoms with E-state index in [0.717, 1.165) is 26.5 Å². The Morgan fingerprint density at radius 2 is 2.00 bits per heavy atom. The fourth-order valence-electron chi connectivity index (χ4n) is 2.55. The molecule has 5 heteroatoms. The molecule has 138 valence electrons. The summed E-state index contributed by atoms with van der Waals surface area (Å²) in [7, 11) is 0. The van der Waals surface area contributed by atoms with Gasteiger partial charge in [0, 0.05) is 0 Å². The van der Waals surface area contributed by atoms with E-state index in [2.05, 4.69) is 24.9 Å². The zero-order chi connectivity index (χ0) is 19.2. The lowest BCUT2D eigenvalue weighted by atomic mass is 10.1. The Bertz CT molecular complexity index is 966. The number of ether oxygens (including phenoxy) is 2. The Balaban J connectivity index is 1.93. The second kappa shape index (κ2) is 8.70. The number of nitriles is 1. The third-order valence-electron chi connectivity index (χ3n) is 3.80. The van der Waals surface area contributed by atoms with Crippen LogP contribution in [-0.4, -0.2) is 18.2 Å². The average Bonchev–Trinajstić information content (AvgIpc) is 3.09. The van der Waals surface area contributed by atoms with Gasteiger partial charge in [0.05, 0.1) is 29.0 Å². The van der Waals surface area contributed by atoms with Crippen LogP contribution < -0.4 is 9.47 Å². The van der Waals surface area contributed by atoms with Crippen LogP contribution in [0.3, 0.4) is 0 Å². The van der Waals surface area contributed by atoms with Crippen molar-refractivity contribution in [1.29, 1.82) is 5.26 Å². The van der Waals surface area contributed by atoms with Crippen molar-refractivity contribution in [3.05, 3.63) is 53.0 Å². The number of benzene rings is 2. The predicted octanol–water partition coefficient (Wildman–Crippen LogP) is 5.79. The maximum Gasteiger partial charge on any atom is 0.161 e. The number of thiazole rings is 1. The highest BCUT2D eigenvalue weighted by Crippen LogP contribution is 2.32. The summed E-state index contributed by atoms with van der Waals surface area (Å²) in [4.78, 5) is 4.58. The molecule has 0 amide bonds. The summed E-state index contributed by atoms with van der Waals surface area (Å²) in [5.74, 6) is 1.85. The van der Waals surface area contributed by atoms with E-state index < -0.39 is 0 Å². The molecule has 0 bridgehead atoms. The SMILES string of the molecule is CCOc1cc(/C=C(/C#N)c2nc3ccccc3s2)ccc1OCC(C)C. The molecule has 3 aromatic rings. The Morgan fingerprint density at radius 3 is 2.70 bits per heavy atom. The van der Waals surface area contributed by atoms with Crippen molar-refractivity contribution >= 4 is 33.2 Å². The van der Waals surface area contributed by atoms with Crippen molar-refractivity contribution in [2.45, 2.75) is 20.8 Å². The number of para-hydroxylation sites is 1. The number of rotatable bonds is 7. The molecule has 0 aliphatic heterocycles. The first-order chi connectivity index (χ1) is 13.1. The lowest BCUT2D eigenvalue weighted by Crippen LogP contribution is -2.06. The first kappa shape index (κ1) is 18.9. The van der Waals surface area contributed by atoms with Gasteiger partial charge in [-0.05, 0) is 48.7 Å². The fraction of sp³-hybridized carbons (Fsp3) is 0.273. The molecule has 0 fully saturated rings. The third-order valence-corrected chi connectivity index (χ3v) is 4.87. The molecule has 0 spiro atoms. The summed E-state index contributed by atoms with van der Waals surface area (Å²) in [6.07, 6.45) is 1.84. The topological polar surface area (TPSA) is 55.1 Å². The molecule has 0 atom stereocenters. The van der Waals surface area contributed by atoms with Gasteiger partial charge >= 0.3 is 0 Å². The summed E-state index contributed by atoms with van der Waals surface area (Å²) in [5.41, 5.74) is 2.33. The minimum Gasteiger partial charge on any atom is -0.490 e. The monoisotopic (exact) mass is 378 g/mol. The largest absolute Gasteiger partial charge is 0.490 e. The molecule has 27 heavy (non-hydrogen) atoms. The van der Waals surface area contributed by atoms with Crippen molar-refractivity contribution in [1.82, 2.24) is 4.98 Å². The minimum absolute atomic E-state index is 0.434. The molecule has 3 rings (SSSR count). The van der Waals surface area contributed by atoms with E-state index in [1.165, 1.54) is 11.3 Å². The number of hydrogen-bond donors (Lipinski definition) is 0. The zero-order valence-electron chi connectivity index (χ0n) is 15.7. The second-order valence-corrected chi connectivity index (χ2v) is 7.53. The van der Waals surface area contributed by atoms with Crippen molar-refractivity contribution < 1.29 is 9.47 Å². The Hall–Kier alpha value is -2.84. The van der Waals surface area contributed by atoms with E-state index in [4.69, 9.17) is 9.47 Å². The van der Waals surface area contributed by atoms with E-state index in [0.29, 0.717) is 30.5 Å². The molecule has 0 unspecified atom stereocenters. The Morgan fingerprint density at radius 1 is 1.19 bits per heavy atom. The summed E-state index contributed by atoms with van der Waals surface area (Å²) in [5, 5.41) is 10.4. The zero-order valence-corrected chi connectivity index (χ0v) is 16.5. The normalized spacial score (nSPS) is 11.6. The van der Waals surface area contributed by atoms with Crippen LogP contribution in [0.4, 0.5) is 0 Å². The Labute approximate surface area is 163 Å². The molecule has 1 aromatic heterocycles. The number of allylic oxidation sites excluding steroid dienone is 1. The van der Waals surface area contributed by atoms with Crippen molar-refractivity contribution in [2.75, 3.05) is 13.2 Å². The Kier molecular flexibility index (Phi) is 6.10. The van der Waals surface area contributed by atoms with Gasteiger partial charge in [-0.1, -0.05) is 32.0 Å². The van der Waals surface area contributed by atoms with Crippen molar-refractivity contribution in [2.24, 2.45) is 5.92 Å². The first-order valence-corrected chi connectivity index (χ1v) is 9.79. The van der Waals surface area contributed by atoms with Crippen LogP contribution >= 0.6 is 11.3 Å². The van der Waals surface area contributed by atoms with Crippen molar-refractivity contribution in [3.8, 4) is 17.6 Å². The highest BCUT2D eigenvalue weighted by Gasteiger charge is 2.11. The summed E-state index contributed by atoms with van der Waals surface area (Å²) < 4.78 is 12.6. The lowest BCUT2D eigenvalue weighted by Gasteiger charge is -2.14. The molecule has 0 aliphatic carbocycles. The average molecular weight is 378 g/mol. The highest BCUT2D eigenvalue weighted by molar-refractivity contribution is 7.19. The molecule has 4 nitrogen and oxygen atoms in total. The fourth-order valence-corrected chi connectivity index (χ4v) is 3.49. The summed E-state index contributed by atoms with van der Waals surface area (Å²) in [6, 6.07) is 15.9. The number of fused-ring (bicyclic) bond motifs is 1. The quantitative estimate of drug-likeness (QED) is 0.488. The standard InChI is InChI=1S/C22H22N2O2S/c1-4-25-20-12-16(9-10-19(20)26-14-15(2)3)11-17(13-23)22-24-18-7-5-6-8-21(18)27-22/h5-12,15H,4,14H2,1-3H3/b17-11-. The second-order valence-electron chi connectivity index (χ2n) is 6.50. The molecule has 2 aromatic carbocycles. The van der Waals surface area contributed by atoms with Crippen LogP contribution in [0.2, 0.25) is 0 Å². The molecule has 0 saturated carbocycles. The predicted molar refractivity (Wildman–Crippen MR) is 111 cm³/mol. The van der Waals surface area contributed by atoms with Gasteiger partial charge in [0.1, 0.15) is 11.1 Å². The number of hydrogen-bond acceptors (Lipinski definition) is 5. The highest BCUT2D eigenvalue weighted by atomic mass is 32.1. The van der Waals surface area contributed by atoms with E-state index >= 15 is 0 Å². The van der Waals surface area contributed by atoms with Gasteiger partial charge in [-0.2, -0.15) is 5.26 Å². The maximum atomic E-state index is 9.63. The molecular formula is C22H22N2O2S. The molecular weight excluding hydrogens is 356 g/mol. The molecule has 0 radical (unpaired) electrons. The molecule has 1 heterocycles. The van der Waals surface area contributed by atoms with Crippen LogP contribution in [0, 0.1) is 17.2 Å². The van der Waals surface area contributed by atoms with Crippen LogP contribution in [0.1, 0.15) is 31.3 Å². The van der Waals surface area contributed by atoms with Crippen LogP contribution in [0.25, 0.3) is 21.9 Å². The number of aromatic nitrogens is 1. The van der Waals surface area contributed by atoms with Gasteiger partial charge in [0.25, 0.3) is 0 Å². The van der Waals surface area contributed by atoms with Gasteiger partial charge in [-0.3, -0.25) is 0 Å². The van der Waals surface area contributed by atoms with Gasteiger partial charge in [0.2, 0.25) is 0 Å². The van der Waals surface area contributed by atoms with Gasteiger partial charge in [0.15, 0.2) is 11.5 Å². The molecule has 0 N–H and O–H groups in total. The number of nitrogens with zero attached hydrogens (tertiary/aromatic N) is 2. The lowest BCUT2D eigenvalue weighted by molar-refractivity contribution is 0.248. The maximum absolute atomic E-state index is 9.63. The smallest absolute Gasteiger partial charge is 0.161 e. The van der Waals surface area contributed by atoms with Crippen molar-refractivity contribution in [3.63, 3.8) is 0 Å². The first-order valence-electron chi connectivity index (χ1n) is 8.98. The van der Waals surface area contributed by atoms with E-state index in [1.54, 1.807) is 0 Å². The van der Waals surface area contributed by atoms with E-state index in [-0.39, 0.29) is 0 Å². The van der Waals surface area contributed by atoms with Crippen LogP contribution in [0.5, 0.6) is 11.5 Å². The van der Waals surface area contributed by atoms with Gasteiger partial charge in [-0.25, -0.2) is 4.98 Å². The van der Waals surface area contributed by atoms with E-state index in [9.17, 15) is 5.26 Å². The van der Waals surface area contributed by atoms with Crippen LogP contribution in [0.15, 0.2) is 42.5 Å². The minimum atomic E-state index is 0.434. The third kappa shape index (κ3) is 4.66. The van der Waals surface area contributed by atoms with Gasteiger partial charge < -0.3 is 9.47 Å². The van der Waals surface area contributed by atoms with Crippen LogP contribution in [-0.2, 0) is 0 Å². The summed E-state index contributed by atoms with van der Waals surface area (Å²) >= 11 is 1.52. The van der Waals surface area contributed by atoms with E-state index in [1.807, 2.05) is 55.5 Å².